The Bertz CT molecular complexity index is 1230. The molecule has 1 saturated heterocycles. The number of Topliss-reactive ketones (excluding diaryl/α,β-unsaturated/α-hetero) is 1. The Hall–Kier alpha value is -3.82. The summed E-state index contributed by atoms with van der Waals surface area (Å²) in [5.74, 6) is -0.930. The molecule has 0 aliphatic carbocycles. The van der Waals surface area contributed by atoms with Crippen molar-refractivity contribution in [1.29, 1.82) is 5.41 Å². The average molecular weight is 542 g/mol. The fourth-order valence-electron chi connectivity index (χ4n) is 4.98. The average Bonchev–Trinajstić information content (AvgIpc) is 3.55. The number of carbonyl (C=O) groups excluding carboxylic acids is 1. The molecule has 0 radical (unpaired) electrons. The Morgan fingerprint density at radius 2 is 1.77 bits per heavy atom. The Labute approximate surface area is 228 Å². The molecule has 0 unspecified atom stereocenters. The van der Waals surface area contributed by atoms with Crippen LogP contribution >= 0.6 is 0 Å². The molecule has 2 aliphatic rings. The van der Waals surface area contributed by atoms with Crippen LogP contribution in [0.25, 0.3) is 0 Å². The summed E-state index contributed by atoms with van der Waals surface area (Å²) in [6.45, 7) is 6.40. The third-order valence-corrected chi connectivity index (χ3v) is 6.84. The highest BCUT2D eigenvalue weighted by atomic mass is 19.1. The van der Waals surface area contributed by atoms with E-state index >= 15 is 4.39 Å². The lowest BCUT2D eigenvalue weighted by Crippen LogP contribution is -2.30. The zero-order chi connectivity index (χ0) is 27.9. The summed E-state index contributed by atoms with van der Waals surface area (Å²) in [7, 11) is 0. The van der Waals surface area contributed by atoms with E-state index < -0.39 is 11.8 Å². The zero-order valence-electron chi connectivity index (χ0n) is 22.6. The van der Waals surface area contributed by atoms with E-state index in [2.05, 4.69) is 4.90 Å². The van der Waals surface area contributed by atoms with Gasteiger partial charge in [0.15, 0.2) is 23.1 Å². The van der Waals surface area contributed by atoms with Crippen molar-refractivity contribution in [2.75, 3.05) is 44.4 Å². The van der Waals surface area contributed by atoms with E-state index in [1.165, 1.54) is 0 Å². The molecule has 0 amide bonds. The van der Waals surface area contributed by atoms with Gasteiger partial charge in [-0.25, -0.2) is 4.39 Å². The molecule has 0 atom stereocenters. The number of hydrogen-bond donors (Lipinski definition) is 2. The van der Waals surface area contributed by atoms with E-state index in [1.54, 1.807) is 30.9 Å². The lowest BCUT2D eigenvalue weighted by atomic mass is 10.1. The second-order valence-electron chi connectivity index (χ2n) is 9.65. The number of fused-ring (bicyclic) bond motifs is 1. The molecule has 10 heteroatoms. The molecule has 0 spiro atoms. The van der Waals surface area contributed by atoms with Crippen molar-refractivity contribution in [2.45, 2.75) is 52.5 Å². The van der Waals surface area contributed by atoms with Crippen LogP contribution < -0.4 is 19.1 Å². The van der Waals surface area contributed by atoms with Crippen LogP contribution in [0.4, 0.5) is 10.1 Å². The number of carboxylic acid groups (broad SMARTS) is 1. The Morgan fingerprint density at radius 3 is 2.46 bits per heavy atom. The molecule has 0 saturated carbocycles. The van der Waals surface area contributed by atoms with Crippen molar-refractivity contribution >= 4 is 23.3 Å². The molecule has 2 aromatic carbocycles. The van der Waals surface area contributed by atoms with Crippen molar-refractivity contribution in [3.8, 4) is 17.2 Å². The molecule has 0 bridgehead atoms. The van der Waals surface area contributed by atoms with Gasteiger partial charge in [-0.15, -0.1) is 0 Å². The normalized spacial score (nSPS) is 14.5. The summed E-state index contributed by atoms with van der Waals surface area (Å²) < 4.78 is 32.4. The minimum absolute atomic E-state index is 0.0144. The second-order valence-corrected chi connectivity index (χ2v) is 9.65. The van der Waals surface area contributed by atoms with Gasteiger partial charge in [-0.2, -0.15) is 0 Å². The molecule has 2 aliphatic heterocycles. The standard InChI is InChI=1S/C29H36FN3O6/c1-3-37-24-15-20-17-33(29(31)26(20)27(30)28(24)38-4-2)18-23(34)19-13-21(32-10-6-7-11-32)16-22(14-19)39-12-8-5-9-25(35)36/h13-16,31H,3-12,17-18H2,1-2H3,(H,35,36). The van der Waals surface area contributed by atoms with E-state index in [0.717, 1.165) is 31.6 Å². The quantitative estimate of drug-likeness (QED) is 0.257. The lowest BCUT2D eigenvalue weighted by molar-refractivity contribution is -0.137. The molecule has 210 valence electrons. The van der Waals surface area contributed by atoms with Crippen molar-refractivity contribution in [2.24, 2.45) is 0 Å². The van der Waals surface area contributed by atoms with Gasteiger partial charge < -0.3 is 29.1 Å². The molecule has 2 aromatic rings. The summed E-state index contributed by atoms with van der Waals surface area (Å²) in [4.78, 5) is 28.0. The number of amidine groups is 1. The molecular weight excluding hydrogens is 505 g/mol. The first-order valence-electron chi connectivity index (χ1n) is 13.5. The number of nitrogens with one attached hydrogen (secondary N) is 1. The lowest BCUT2D eigenvalue weighted by Gasteiger charge is -2.21. The van der Waals surface area contributed by atoms with Crippen molar-refractivity contribution in [3.05, 3.63) is 46.8 Å². The molecule has 2 N–H and O–H groups in total. The molecule has 9 nitrogen and oxygen atoms in total. The fraction of sp³-hybridized carbons (Fsp3) is 0.483. The van der Waals surface area contributed by atoms with Crippen LogP contribution in [0.15, 0.2) is 24.3 Å². The number of halogens is 1. The molecule has 4 rings (SSSR count). The van der Waals surface area contributed by atoms with E-state index in [-0.39, 0.29) is 49.0 Å². The first-order chi connectivity index (χ1) is 18.8. The number of ketones is 1. The summed E-state index contributed by atoms with van der Waals surface area (Å²) >= 11 is 0. The molecule has 1 fully saturated rings. The smallest absolute Gasteiger partial charge is 0.303 e. The van der Waals surface area contributed by atoms with Gasteiger partial charge in [-0.1, -0.05) is 0 Å². The third kappa shape index (κ3) is 6.61. The minimum Gasteiger partial charge on any atom is -0.493 e. The fourth-order valence-corrected chi connectivity index (χ4v) is 4.98. The Balaban J connectivity index is 1.52. The highest BCUT2D eigenvalue weighted by molar-refractivity contribution is 6.06. The van der Waals surface area contributed by atoms with Crippen LogP contribution in [-0.4, -0.2) is 67.0 Å². The predicted molar refractivity (Wildman–Crippen MR) is 145 cm³/mol. The van der Waals surface area contributed by atoms with Gasteiger partial charge in [-0.3, -0.25) is 15.0 Å². The highest BCUT2D eigenvalue weighted by Gasteiger charge is 2.33. The number of anilines is 1. The van der Waals surface area contributed by atoms with Crippen LogP contribution in [-0.2, 0) is 11.3 Å². The van der Waals surface area contributed by atoms with Crippen LogP contribution in [0.5, 0.6) is 17.2 Å². The first kappa shape index (κ1) is 28.2. The maximum Gasteiger partial charge on any atom is 0.303 e. The topological polar surface area (TPSA) is 112 Å². The monoisotopic (exact) mass is 541 g/mol. The second kappa shape index (κ2) is 12.8. The summed E-state index contributed by atoms with van der Waals surface area (Å²) in [5.41, 5.74) is 2.06. The van der Waals surface area contributed by atoms with Gasteiger partial charge in [-0.05, 0) is 63.3 Å². The predicted octanol–water partition coefficient (Wildman–Crippen LogP) is 4.88. The van der Waals surface area contributed by atoms with Crippen molar-refractivity contribution in [1.82, 2.24) is 4.90 Å². The van der Waals surface area contributed by atoms with Gasteiger partial charge in [0, 0.05) is 43.4 Å². The number of unbranched alkanes of at least 4 members (excludes halogenated alkanes) is 1. The number of rotatable bonds is 14. The van der Waals surface area contributed by atoms with Crippen LogP contribution in [0.1, 0.15) is 67.4 Å². The van der Waals surface area contributed by atoms with E-state index in [0.29, 0.717) is 48.7 Å². The minimum atomic E-state index is -0.836. The molecule has 0 aromatic heterocycles. The van der Waals surface area contributed by atoms with Gasteiger partial charge >= 0.3 is 5.97 Å². The van der Waals surface area contributed by atoms with E-state index in [1.807, 2.05) is 12.1 Å². The SMILES string of the molecule is CCOc1cc2c(c(F)c1OCC)C(=N)N(CC(=O)c1cc(OCCCCC(=O)O)cc(N3CCCC3)c1)C2. The Kier molecular flexibility index (Phi) is 9.27. The number of ether oxygens (including phenoxy) is 3. The number of carboxylic acids is 1. The van der Waals surface area contributed by atoms with E-state index in [9.17, 15) is 9.59 Å². The highest BCUT2D eigenvalue weighted by Crippen LogP contribution is 2.39. The summed E-state index contributed by atoms with van der Waals surface area (Å²) in [6, 6.07) is 7.13. The summed E-state index contributed by atoms with van der Waals surface area (Å²) in [5, 5.41) is 17.5. The van der Waals surface area contributed by atoms with Crippen LogP contribution in [0.3, 0.4) is 0 Å². The van der Waals surface area contributed by atoms with Crippen molar-refractivity contribution in [3.63, 3.8) is 0 Å². The maximum absolute atomic E-state index is 15.4. The number of aliphatic carboxylic acids is 1. The third-order valence-electron chi connectivity index (χ3n) is 6.84. The number of benzene rings is 2. The van der Waals surface area contributed by atoms with Crippen LogP contribution in [0, 0.1) is 11.2 Å². The molecule has 39 heavy (non-hydrogen) atoms. The largest absolute Gasteiger partial charge is 0.493 e. The first-order valence-corrected chi connectivity index (χ1v) is 13.5. The number of nitrogens with zero attached hydrogens (tertiary/aromatic N) is 2. The van der Waals surface area contributed by atoms with Gasteiger partial charge in [0.1, 0.15) is 11.6 Å². The molecular formula is C29H36FN3O6. The van der Waals surface area contributed by atoms with Gasteiger partial charge in [0.05, 0.1) is 31.9 Å². The Morgan fingerprint density at radius 1 is 1.03 bits per heavy atom. The number of carbonyl (C=O) groups is 2. The van der Waals surface area contributed by atoms with E-state index in [4.69, 9.17) is 24.7 Å². The van der Waals surface area contributed by atoms with Crippen molar-refractivity contribution < 1.29 is 33.3 Å². The summed E-state index contributed by atoms with van der Waals surface area (Å²) in [6.07, 6.45) is 3.34. The van der Waals surface area contributed by atoms with Crippen LogP contribution in [0.2, 0.25) is 0 Å². The maximum atomic E-state index is 15.4. The number of hydrogen-bond acceptors (Lipinski definition) is 7. The van der Waals surface area contributed by atoms with Gasteiger partial charge in [0.25, 0.3) is 0 Å². The molecule has 2 heterocycles. The van der Waals surface area contributed by atoms with Gasteiger partial charge in [0.2, 0.25) is 0 Å². The zero-order valence-corrected chi connectivity index (χ0v) is 22.6.